The lowest BCUT2D eigenvalue weighted by atomic mass is 10.1. The number of unbranched alkanes of at least 4 members (excludes halogenated alkanes) is 8. The molecule has 0 bridgehead atoms. The Morgan fingerprint density at radius 1 is 0.750 bits per heavy atom. The molecule has 0 radical (unpaired) electrons. The highest BCUT2D eigenvalue weighted by Gasteiger charge is 2.10. The molecule has 0 rings (SSSR count). The van der Waals surface area contributed by atoms with Gasteiger partial charge in [-0.1, -0.05) is 60.9 Å². The van der Waals surface area contributed by atoms with Crippen LogP contribution in [0.1, 0.15) is 57.8 Å². The van der Waals surface area contributed by atoms with Gasteiger partial charge in [-0.3, -0.25) is 4.57 Å². The van der Waals surface area contributed by atoms with E-state index in [9.17, 15) is 4.57 Å². The third kappa shape index (κ3) is 14.6. The average molecular weight is 315 g/mol. The van der Waals surface area contributed by atoms with Crippen LogP contribution in [0.25, 0.3) is 0 Å². The van der Waals surface area contributed by atoms with E-state index in [1.54, 1.807) is 0 Å². The second-order valence-electron chi connectivity index (χ2n) is 4.26. The summed E-state index contributed by atoms with van der Waals surface area (Å²) in [6.07, 6.45) is 10.4. The molecule has 0 unspecified atom stereocenters. The Labute approximate surface area is 107 Å². The molecule has 0 atom stereocenters. The van der Waals surface area contributed by atoms with E-state index in [4.69, 9.17) is 9.79 Å². The highest BCUT2D eigenvalue weighted by molar-refractivity contribution is 9.09. The summed E-state index contributed by atoms with van der Waals surface area (Å²) >= 11 is 3.41. The molecular weight excluding hydrogens is 291 g/mol. The largest absolute Gasteiger partial charge is 0.325 e. The second-order valence-corrected chi connectivity index (χ2v) is 6.83. The van der Waals surface area contributed by atoms with E-state index in [1.807, 2.05) is 0 Å². The Balaban J connectivity index is 3.02. The van der Waals surface area contributed by atoms with E-state index < -0.39 is 7.60 Å². The molecule has 16 heavy (non-hydrogen) atoms. The van der Waals surface area contributed by atoms with Crippen LogP contribution in [0.5, 0.6) is 0 Å². The lowest BCUT2D eigenvalue weighted by Gasteiger charge is -2.03. The van der Waals surface area contributed by atoms with Crippen LogP contribution in [0.2, 0.25) is 0 Å². The number of halogens is 1. The first-order valence-corrected chi connectivity index (χ1v) is 9.09. The van der Waals surface area contributed by atoms with Crippen molar-refractivity contribution in [3.63, 3.8) is 0 Å². The molecule has 2 N–H and O–H groups in total. The normalized spacial score (nSPS) is 11.9. The van der Waals surface area contributed by atoms with Crippen LogP contribution in [-0.4, -0.2) is 21.3 Å². The van der Waals surface area contributed by atoms with Crippen molar-refractivity contribution in [2.24, 2.45) is 0 Å². The van der Waals surface area contributed by atoms with Crippen molar-refractivity contribution in [3.05, 3.63) is 0 Å². The number of alkyl halides is 1. The van der Waals surface area contributed by atoms with Crippen LogP contribution in [-0.2, 0) is 4.57 Å². The van der Waals surface area contributed by atoms with Gasteiger partial charge in [0.1, 0.15) is 0 Å². The van der Waals surface area contributed by atoms with E-state index in [-0.39, 0.29) is 6.16 Å². The molecule has 0 aliphatic heterocycles. The smallest absolute Gasteiger partial charge is 0.324 e. The lowest BCUT2D eigenvalue weighted by molar-refractivity contribution is 0.370. The van der Waals surface area contributed by atoms with Crippen molar-refractivity contribution >= 4 is 23.5 Å². The molecule has 0 saturated carbocycles. The number of rotatable bonds is 11. The Kier molecular flexibility index (Phi) is 11.2. The molecule has 0 amide bonds. The Hall–Kier alpha value is 0.630. The molecule has 0 heterocycles. The third-order valence-electron chi connectivity index (χ3n) is 2.58. The summed E-state index contributed by atoms with van der Waals surface area (Å²) in [5.74, 6) is 0. The number of hydrogen-bond acceptors (Lipinski definition) is 1. The predicted octanol–water partition coefficient (Wildman–Crippen LogP) is 4.07. The third-order valence-corrected chi connectivity index (χ3v) is 4.04. The zero-order valence-electron chi connectivity index (χ0n) is 9.91. The lowest BCUT2D eigenvalue weighted by Crippen LogP contribution is -1.88. The summed E-state index contributed by atoms with van der Waals surface area (Å²) in [5.41, 5.74) is 0. The minimum atomic E-state index is -3.74. The van der Waals surface area contributed by atoms with Gasteiger partial charge in [0.05, 0.1) is 0 Å². The van der Waals surface area contributed by atoms with Gasteiger partial charge in [-0.05, 0) is 12.8 Å². The predicted molar refractivity (Wildman–Crippen MR) is 72.3 cm³/mol. The zero-order valence-corrected chi connectivity index (χ0v) is 12.4. The topological polar surface area (TPSA) is 57.5 Å². The van der Waals surface area contributed by atoms with Gasteiger partial charge in [0.15, 0.2) is 0 Å². The molecular formula is C11H24BrO3P. The zero-order chi connectivity index (χ0) is 12.3. The summed E-state index contributed by atoms with van der Waals surface area (Å²) < 4.78 is 10.6. The van der Waals surface area contributed by atoms with Crippen LogP contribution in [0, 0.1) is 0 Å². The van der Waals surface area contributed by atoms with Crippen molar-refractivity contribution in [1.82, 2.24) is 0 Å². The maximum atomic E-state index is 10.6. The number of hydrogen-bond donors (Lipinski definition) is 2. The Bertz CT molecular complexity index is 194. The average Bonchev–Trinajstić information content (AvgIpc) is 2.19. The van der Waals surface area contributed by atoms with Crippen LogP contribution in [0.15, 0.2) is 0 Å². The molecule has 3 nitrogen and oxygen atoms in total. The summed E-state index contributed by atoms with van der Waals surface area (Å²) in [6.45, 7) is 0. The molecule has 0 aromatic heterocycles. The summed E-state index contributed by atoms with van der Waals surface area (Å²) in [4.78, 5) is 17.3. The van der Waals surface area contributed by atoms with E-state index in [0.29, 0.717) is 6.42 Å². The van der Waals surface area contributed by atoms with Crippen LogP contribution >= 0.6 is 23.5 Å². The maximum absolute atomic E-state index is 10.6. The van der Waals surface area contributed by atoms with Crippen molar-refractivity contribution in [1.29, 1.82) is 0 Å². The highest BCUT2D eigenvalue weighted by Crippen LogP contribution is 2.35. The van der Waals surface area contributed by atoms with Gasteiger partial charge in [0, 0.05) is 11.5 Å². The minimum Gasteiger partial charge on any atom is -0.324 e. The summed E-state index contributed by atoms with van der Waals surface area (Å²) in [6, 6.07) is 0. The maximum Gasteiger partial charge on any atom is 0.325 e. The van der Waals surface area contributed by atoms with Crippen molar-refractivity contribution in [3.8, 4) is 0 Å². The van der Waals surface area contributed by atoms with Crippen molar-refractivity contribution in [2.45, 2.75) is 57.8 Å². The second kappa shape index (κ2) is 10.8. The molecule has 98 valence electrons. The first kappa shape index (κ1) is 16.6. The first-order valence-electron chi connectivity index (χ1n) is 6.17. The van der Waals surface area contributed by atoms with Crippen molar-refractivity contribution < 1.29 is 14.4 Å². The van der Waals surface area contributed by atoms with E-state index >= 15 is 0 Å². The monoisotopic (exact) mass is 314 g/mol. The highest BCUT2D eigenvalue weighted by atomic mass is 79.9. The van der Waals surface area contributed by atoms with Crippen molar-refractivity contribution in [2.75, 3.05) is 11.5 Å². The van der Waals surface area contributed by atoms with E-state index in [1.165, 1.54) is 38.5 Å². The molecule has 0 aromatic carbocycles. The molecule has 0 aliphatic carbocycles. The fourth-order valence-corrected chi connectivity index (χ4v) is 2.68. The SMILES string of the molecule is O=P(O)(O)CCCCCCCCCCCBr. The molecule has 0 saturated heterocycles. The standard InChI is InChI=1S/C11H24BrO3P/c12-10-8-6-4-2-1-3-5-7-9-11-16(13,14)15/h1-11H2,(H2,13,14,15). The first-order chi connectivity index (χ1) is 7.56. The summed E-state index contributed by atoms with van der Waals surface area (Å²) in [7, 11) is -3.74. The molecule has 0 aliphatic rings. The quantitative estimate of drug-likeness (QED) is 0.343. The van der Waals surface area contributed by atoms with Gasteiger partial charge in [-0.2, -0.15) is 0 Å². The van der Waals surface area contributed by atoms with Gasteiger partial charge in [0.2, 0.25) is 0 Å². The van der Waals surface area contributed by atoms with Gasteiger partial charge in [-0.15, -0.1) is 0 Å². The minimum absolute atomic E-state index is 0.0538. The van der Waals surface area contributed by atoms with Gasteiger partial charge in [0.25, 0.3) is 0 Å². The molecule has 0 fully saturated rings. The molecule has 0 spiro atoms. The van der Waals surface area contributed by atoms with Gasteiger partial charge in [-0.25, -0.2) is 0 Å². The molecule has 5 heteroatoms. The van der Waals surface area contributed by atoms with Crippen LogP contribution in [0.4, 0.5) is 0 Å². The van der Waals surface area contributed by atoms with Gasteiger partial charge >= 0.3 is 7.60 Å². The van der Waals surface area contributed by atoms with E-state index in [0.717, 1.165) is 18.2 Å². The fraction of sp³-hybridized carbons (Fsp3) is 1.00. The fourth-order valence-electron chi connectivity index (χ4n) is 1.65. The van der Waals surface area contributed by atoms with Crippen LogP contribution in [0.3, 0.4) is 0 Å². The molecule has 0 aromatic rings. The van der Waals surface area contributed by atoms with Gasteiger partial charge < -0.3 is 9.79 Å². The summed E-state index contributed by atoms with van der Waals surface area (Å²) in [5, 5.41) is 1.11. The Morgan fingerprint density at radius 3 is 1.50 bits per heavy atom. The van der Waals surface area contributed by atoms with E-state index in [2.05, 4.69) is 15.9 Å². The Morgan fingerprint density at radius 2 is 1.12 bits per heavy atom. The van der Waals surface area contributed by atoms with Crippen LogP contribution < -0.4 is 0 Å².